The van der Waals surface area contributed by atoms with Gasteiger partial charge in [0.05, 0.1) is 11.0 Å². The number of unbranched alkanes of at least 4 members (excludes halogenated alkanes) is 1. The number of rotatable bonds is 14. The molecule has 2 aliphatic carbocycles. The van der Waals surface area contributed by atoms with Crippen LogP contribution in [0.15, 0.2) is 85.5 Å². The van der Waals surface area contributed by atoms with Crippen LogP contribution in [-0.4, -0.2) is 59.4 Å². The fourth-order valence-corrected chi connectivity index (χ4v) is 9.54. The average molecular weight is 635 g/mol. The first-order chi connectivity index (χ1) is 22.9. The van der Waals surface area contributed by atoms with Crippen molar-refractivity contribution in [2.45, 2.75) is 100 Å². The summed E-state index contributed by atoms with van der Waals surface area (Å²) in [6.07, 6.45) is 11.7. The van der Waals surface area contributed by atoms with Crippen LogP contribution < -0.4 is 14.8 Å². The van der Waals surface area contributed by atoms with Crippen LogP contribution in [-0.2, 0) is 29.5 Å². The van der Waals surface area contributed by atoms with Crippen LogP contribution in [0.2, 0.25) is 0 Å². The fourth-order valence-electron chi connectivity index (χ4n) is 9.54. The third-order valence-electron chi connectivity index (χ3n) is 11.7. The molecule has 4 aliphatic rings. The maximum Gasteiger partial charge on any atom is 0.308 e. The molecule has 2 N–H and O–H groups in total. The lowest BCUT2D eigenvalue weighted by Gasteiger charge is -2.64. The minimum atomic E-state index is -0.922. The van der Waals surface area contributed by atoms with Gasteiger partial charge >= 0.3 is 5.97 Å². The molecule has 3 unspecified atom stereocenters. The van der Waals surface area contributed by atoms with E-state index in [1.54, 1.807) is 0 Å². The van der Waals surface area contributed by atoms with Gasteiger partial charge in [0, 0.05) is 31.1 Å². The van der Waals surface area contributed by atoms with Gasteiger partial charge in [-0.3, -0.25) is 9.69 Å². The van der Waals surface area contributed by atoms with Gasteiger partial charge in [-0.05, 0) is 99.6 Å². The van der Waals surface area contributed by atoms with E-state index in [1.165, 1.54) is 42.9 Å². The summed E-state index contributed by atoms with van der Waals surface area (Å²) in [5, 5.41) is 16.9. The smallest absolute Gasteiger partial charge is 0.308 e. The van der Waals surface area contributed by atoms with E-state index in [2.05, 4.69) is 83.5 Å². The maximum absolute atomic E-state index is 12.8. The van der Waals surface area contributed by atoms with Crippen LogP contribution in [0.3, 0.4) is 0 Å². The third-order valence-corrected chi connectivity index (χ3v) is 11.7. The molecule has 0 radical (unpaired) electrons. The number of ether oxygens (including phenoxy) is 2. The minimum Gasteiger partial charge on any atom is -0.483 e. The van der Waals surface area contributed by atoms with Crippen molar-refractivity contribution in [3.63, 3.8) is 0 Å². The van der Waals surface area contributed by atoms with Gasteiger partial charge in [0.2, 0.25) is 0 Å². The summed E-state index contributed by atoms with van der Waals surface area (Å²) in [5.41, 5.74) is 3.64. The number of esters is 1. The molecule has 6 heteroatoms. The molecule has 1 spiro atoms. The Morgan fingerprint density at radius 3 is 2.51 bits per heavy atom. The van der Waals surface area contributed by atoms with Crippen molar-refractivity contribution in [2.75, 3.05) is 19.6 Å². The van der Waals surface area contributed by atoms with Crippen molar-refractivity contribution in [2.24, 2.45) is 5.92 Å². The Bertz CT molecular complexity index is 1560. The van der Waals surface area contributed by atoms with Crippen LogP contribution in [0.4, 0.5) is 0 Å². The van der Waals surface area contributed by atoms with E-state index in [1.807, 2.05) is 12.1 Å². The normalized spacial score (nSPS) is 27.8. The van der Waals surface area contributed by atoms with E-state index in [0.29, 0.717) is 23.8 Å². The second kappa shape index (κ2) is 13.6. The highest BCUT2D eigenvalue weighted by Gasteiger charge is 2.72. The van der Waals surface area contributed by atoms with E-state index in [9.17, 15) is 9.90 Å². The molecular weight excluding hydrogens is 584 g/mol. The molecule has 248 valence electrons. The molecule has 47 heavy (non-hydrogen) atoms. The van der Waals surface area contributed by atoms with Gasteiger partial charge in [0.1, 0.15) is 6.10 Å². The zero-order valence-electron chi connectivity index (χ0n) is 27.8. The number of nitrogens with zero attached hydrogens (tertiary/aromatic N) is 1. The van der Waals surface area contributed by atoms with Crippen molar-refractivity contribution in [1.82, 2.24) is 10.2 Å². The predicted molar refractivity (Wildman–Crippen MR) is 186 cm³/mol. The first-order valence-corrected chi connectivity index (χ1v) is 17.8. The van der Waals surface area contributed by atoms with Crippen molar-refractivity contribution < 1.29 is 19.4 Å². The van der Waals surface area contributed by atoms with E-state index in [-0.39, 0.29) is 24.2 Å². The fraction of sp³-hybridized carbons (Fsp3) is 0.488. The molecule has 2 aliphatic heterocycles. The van der Waals surface area contributed by atoms with E-state index in [0.717, 1.165) is 63.7 Å². The number of likely N-dealkylation sites (tertiary alicyclic amines) is 1. The topological polar surface area (TPSA) is 71.0 Å². The summed E-state index contributed by atoms with van der Waals surface area (Å²) in [7, 11) is 0. The molecule has 1 saturated heterocycles. The van der Waals surface area contributed by atoms with Crippen molar-refractivity contribution in [3.8, 4) is 11.5 Å². The molecule has 3 aromatic carbocycles. The summed E-state index contributed by atoms with van der Waals surface area (Å²) < 4.78 is 12.7. The van der Waals surface area contributed by atoms with E-state index < -0.39 is 11.0 Å². The first-order valence-electron chi connectivity index (χ1n) is 17.8. The number of hydrogen-bond acceptors (Lipinski definition) is 6. The number of carbonyl (C=O) groups excluding carboxylic acids is 1. The second-order valence-corrected chi connectivity index (χ2v) is 14.4. The molecule has 6 nitrogen and oxygen atoms in total. The zero-order chi connectivity index (χ0) is 32.4. The third kappa shape index (κ3) is 5.94. The summed E-state index contributed by atoms with van der Waals surface area (Å²) in [5.74, 6) is 1.33. The Kier molecular flexibility index (Phi) is 9.28. The lowest BCUT2D eigenvalue weighted by molar-refractivity contribution is -0.189. The molecule has 0 amide bonds. The van der Waals surface area contributed by atoms with Crippen LogP contribution in [0, 0.1) is 5.92 Å². The summed E-state index contributed by atoms with van der Waals surface area (Å²) >= 11 is 0. The zero-order valence-corrected chi connectivity index (χ0v) is 27.8. The Morgan fingerprint density at radius 2 is 1.79 bits per heavy atom. The number of hydrogen-bond donors (Lipinski definition) is 2. The SMILES string of the molecule is C=CCN1CC[C@]23c4c5ccc(OC(C)=O)c4OC2C(NCC(CCCCc2ccccc2)CCc2ccccc2)CC[C@@]3(O)[C@H]1C5. The number of benzene rings is 3. The van der Waals surface area contributed by atoms with Crippen LogP contribution >= 0.6 is 0 Å². The lowest BCUT2D eigenvalue weighted by Crippen LogP contribution is -2.78. The number of carbonyl (C=O) groups is 1. The molecule has 0 aromatic heterocycles. The molecular formula is C41H50N2O4. The number of aliphatic hydroxyl groups is 1. The summed E-state index contributed by atoms with van der Waals surface area (Å²) in [6, 6.07) is 25.7. The Labute approximate surface area is 280 Å². The van der Waals surface area contributed by atoms with Gasteiger partial charge in [-0.15, -0.1) is 6.58 Å². The number of piperidine rings is 1. The van der Waals surface area contributed by atoms with E-state index >= 15 is 0 Å². The predicted octanol–water partition coefficient (Wildman–Crippen LogP) is 6.57. The largest absolute Gasteiger partial charge is 0.483 e. The van der Waals surface area contributed by atoms with Gasteiger partial charge in [0.25, 0.3) is 0 Å². The van der Waals surface area contributed by atoms with Gasteiger partial charge in [-0.2, -0.15) is 0 Å². The highest BCUT2D eigenvalue weighted by molar-refractivity contribution is 5.72. The van der Waals surface area contributed by atoms with Crippen LogP contribution in [0.5, 0.6) is 11.5 Å². The van der Waals surface area contributed by atoms with Gasteiger partial charge in [-0.1, -0.05) is 79.2 Å². The van der Waals surface area contributed by atoms with Gasteiger partial charge in [0.15, 0.2) is 11.5 Å². The standard InChI is InChI=1S/C41H50N2O4/c1-3-25-43-26-24-40-37-33-20-21-35(46-29(2)44)38(37)47-39(40)34(22-23-41(40,45)36(43)27-33)42-28-32(19-18-31-14-8-5-9-15-31)17-11-10-16-30-12-6-4-7-13-30/h3-9,12-15,20-21,32,34,36,39,42,45H,1,10-11,16-19,22-28H2,2H3/t32?,34?,36-,39?,40+,41-/m1/s1. The maximum atomic E-state index is 12.8. The number of nitrogens with one attached hydrogen (secondary N) is 1. The quantitative estimate of drug-likeness (QED) is 0.0905. The number of aryl methyl sites for hydroxylation is 2. The van der Waals surface area contributed by atoms with Crippen molar-refractivity contribution in [3.05, 3.63) is 108 Å². The molecule has 2 bridgehead atoms. The Hall–Kier alpha value is -3.45. The Balaban J connectivity index is 1.12. The van der Waals surface area contributed by atoms with Crippen molar-refractivity contribution in [1.29, 1.82) is 0 Å². The molecule has 3 aromatic rings. The molecule has 2 fully saturated rings. The monoisotopic (exact) mass is 634 g/mol. The molecule has 7 rings (SSSR count). The minimum absolute atomic E-state index is 0.00237. The van der Waals surface area contributed by atoms with Gasteiger partial charge in [-0.25, -0.2) is 0 Å². The van der Waals surface area contributed by atoms with E-state index in [4.69, 9.17) is 9.47 Å². The molecule has 6 atom stereocenters. The highest BCUT2D eigenvalue weighted by atomic mass is 16.6. The lowest BCUT2D eigenvalue weighted by atomic mass is 9.48. The van der Waals surface area contributed by atoms with Crippen LogP contribution in [0.25, 0.3) is 0 Å². The molecule has 2 heterocycles. The Morgan fingerprint density at radius 1 is 1.04 bits per heavy atom. The first kappa shape index (κ1) is 32.1. The summed E-state index contributed by atoms with van der Waals surface area (Å²) in [6.45, 7) is 8.01. The average Bonchev–Trinajstić information content (AvgIpc) is 3.43. The second-order valence-electron chi connectivity index (χ2n) is 14.4. The van der Waals surface area contributed by atoms with Gasteiger partial charge < -0.3 is 19.9 Å². The van der Waals surface area contributed by atoms with Crippen molar-refractivity contribution >= 4 is 5.97 Å². The highest BCUT2D eigenvalue weighted by Crippen LogP contribution is 2.65. The molecule has 1 saturated carbocycles. The van der Waals surface area contributed by atoms with Crippen LogP contribution in [0.1, 0.15) is 74.1 Å². The summed E-state index contributed by atoms with van der Waals surface area (Å²) in [4.78, 5) is 14.5.